The highest BCUT2D eigenvalue weighted by atomic mass is 79.9. The molecule has 0 saturated carbocycles. The van der Waals surface area contributed by atoms with E-state index in [4.69, 9.17) is 23.2 Å². The van der Waals surface area contributed by atoms with Crippen LogP contribution in [-0.2, 0) is 0 Å². The molecule has 0 amide bonds. The summed E-state index contributed by atoms with van der Waals surface area (Å²) in [6.45, 7) is 0. The van der Waals surface area contributed by atoms with Gasteiger partial charge in [-0.15, -0.1) is 0 Å². The Morgan fingerprint density at radius 2 is 1.58 bits per heavy atom. The van der Waals surface area contributed by atoms with Crippen molar-refractivity contribution < 1.29 is 8.78 Å². The van der Waals surface area contributed by atoms with Gasteiger partial charge in [-0.25, -0.2) is 8.78 Å². The van der Waals surface area contributed by atoms with Crippen LogP contribution >= 0.6 is 55.1 Å². The summed E-state index contributed by atoms with van der Waals surface area (Å²) in [4.78, 5) is -0.400. The molecule has 0 aromatic heterocycles. The molecule has 2 aromatic carbocycles. The second-order valence-corrected chi connectivity index (χ2v) is 6.43. The molecule has 0 saturated heterocycles. The number of halogens is 6. The molecule has 0 heterocycles. The molecule has 0 N–H and O–H groups in total. The van der Waals surface area contributed by atoms with Crippen molar-refractivity contribution in [3.8, 4) is 0 Å². The van der Waals surface area contributed by atoms with Crippen molar-refractivity contribution in [1.82, 2.24) is 0 Å². The Labute approximate surface area is 136 Å². The zero-order chi connectivity index (χ0) is 14.2. The van der Waals surface area contributed by atoms with Gasteiger partial charge in [-0.3, -0.25) is 0 Å². The smallest absolute Gasteiger partial charge is 0.160 e. The summed E-state index contributed by atoms with van der Waals surface area (Å²) in [5.41, 5.74) is 1.21. The molecule has 0 aliphatic carbocycles. The van der Waals surface area contributed by atoms with Gasteiger partial charge in [0.2, 0.25) is 0 Å². The quantitative estimate of drug-likeness (QED) is 0.376. The molecule has 0 fully saturated rings. The Morgan fingerprint density at radius 3 is 2.26 bits per heavy atom. The van der Waals surface area contributed by atoms with Crippen molar-refractivity contribution in [1.29, 1.82) is 0 Å². The van der Waals surface area contributed by atoms with Crippen LogP contribution in [0.3, 0.4) is 0 Å². The van der Waals surface area contributed by atoms with Gasteiger partial charge in [-0.2, -0.15) is 0 Å². The summed E-state index contributed by atoms with van der Waals surface area (Å²) in [6.07, 6.45) is 0. The van der Waals surface area contributed by atoms with Crippen molar-refractivity contribution in [3.05, 3.63) is 67.6 Å². The van der Waals surface area contributed by atoms with Crippen molar-refractivity contribution in [3.63, 3.8) is 0 Å². The fraction of sp³-hybridized carbons (Fsp3) is 0.0769. The lowest BCUT2D eigenvalue weighted by Crippen LogP contribution is -1.98. The standard InChI is InChI=1S/C13H6Br2Cl2F2/c14-9-2-1-6(16)3-7(9)13(15)8-4-11(18)12(19)5-10(8)17/h1-5,13H. The number of alkyl halides is 1. The summed E-state index contributed by atoms with van der Waals surface area (Å²) in [5, 5.41) is 0.689. The summed E-state index contributed by atoms with van der Waals surface area (Å²) >= 11 is 18.7. The predicted molar refractivity (Wildman–Crippen MR) is 81.3 cm³/mol. The van der Waals surface area contributed by atoms with Crippen LogP contribution in [0.15, 0.2) is 34.8 Å². The van der Waals surface area contributed by atoms with E-state index in [0.717, 1.165) is 22.2 Å². The maximum atomic E-state index is 13.3. The SMILES string of the molecule is Fc1cc(Cl)c(C(Br)c2cc(Cl)ccc2Br)cc1F. The van der Waals surface area contributed by atoms with Crippen molar-refractivity contribution in [2.24, 2.45) is 0 Å². The Morgan fingerprint density at radius 1 is 0.947 bits per heavy atom. The number of rotatable bonds is 2. The maximum Gasteiger partial charge on any atom is 0.160 e. The van der Waals surface area contributed by atoms with Crippen LogP contribution in [0.1, 0.15) is 16.0 Å². The third-order valence-corrected chi connectivity index (χ3v) is 4.81. The molecule has 6 heteroatoms. The van der Waals surface area contributed by atoms with E-state index < -0.39 is 16.5 Å². The van der Waals surface area contributed by atoms with Gasteiger partial charge >= 0.3 is 0 Å². The van der Waals surface area contributed by atoms with Gasteiger partial charge < -0.3 is 0 Å². The molecule has 19 heavy (non-hydrogen) atoms. The van der Waals surface area contributed by atoms with Crippen LogP contribution in [0.2, 0.25) is 10.0 Å². The molecular formula is C13H6Br2Cl2F2. The van der Waals surface area contributed by atoms with Gasteiger partial charge in [0.15, 0.2) is 11.6 Å². The predicted octanol–water partition coefficient (Wildman–Crippen LogP) is 6.52. The lowest BCUT2D eigenvalue weighted by molar-refractivity contribution is 0.507. The summed E-state index contributed by atoms with van der Waals surface area (Å²) in [6, 6.07) is 7.26. The minimum absolute atomic E-state index is 0.146. The Kier molecular flexibility index (Phi) is 4.88. The van der Waals surface area contributed by atoms with Gasteiger partial charge in [0.25, 0.3) is 0 Å². The van der Waals surface area contributed by atoms with Crippen LogP contribution in [-0.4, -0.2) is 0 Å². The van der Waals surface area contributed by atoms with Crippen LogP contribution in [0.4, 0.5) is 8.78 Å². The zero-order valence-corrected chi connectivity index (χ0v) is 13.9. The molecule has 0 spiro atoms. The third-order valence-electron chi connectivity index (χ3n) is 2.54. The molecule has 2 aromatic rings. The van der Waals surface area contributed by atoms with Gasteiger partial charge in [0, 0.05) is 14.5 Å². The van der Waals surface area contributed by atoms with Crippen molar-refractivity contribution in [2.75, 3.05) is 0 Å². The van der Waals surface area contributed by atoms with E-state index in [9.17, 15) is 8.78 Å². The van der Waals surface area contributed by atoms with Gasteiger partial charge in [0.05, 0.1) is 4.83 Å². The summed E-state index contributed by atoms with van der Waals surface area (Å²) in [5.74, 6) is -1.92. The molecule has 0 aliphatic rings. The van der Waals surface area contributed by atoms with E-state index in [0.29, 0.717) is 10.6 Å². The van der Waals surface area contributed by atoms with E-state index in [1.165, 1.54) is 0 Å². The molecule has 2 rings (SSSR count). The van der Waals surface area contributed by atoms with Crippen LogP contribution in [0, 0.1) is 11.6 Å². The molecule has 1 atom stereocenters. The normalized spacial score (nSPS) is 12.5. The number of benzene rings is 2. The minimum Gasteiger partial charge on any atom is -0.204 e. The lowest BCUT2D eigenvalue weighted by atomic mass is 10.0. The first kappa shape index (κ1) is 15.2. The van der Waals surface area contributed by atoms with E-state index >= 15 is 0 Å². The Balaban J connectivity index is 2.52. The van der Waals surface area contributed by atoms with Gasteiger partial charge in [0.1, 0.15) is 0 Å². The summed E-state index contributed by atoms with van der Waals surface area (Å²) < 4.78 is 27.2. The summed E-state index contributed by atoms with van der Waals surface area (Å²) in [7, 11) is 0. The maximum absolute atomic E-state index is 13.3. The Hall–Kier alpha value is -0.160. The second-order valence-electron chi connectivity index (χ2n) is 3.82. The average molecular weight is 431 g/mol. The van der Waals surface area contributed by atoms with Crippen LogP contribution in [0.5, 0.6) is 0 Å². The van der Waals surface area contributed by atoms with E-state index in [1.807, 2.05) is 0 Å². The van der Waals surface area contributed by atoms with Gasteiger partial charge in [-0.05, 0) is 41.5 Å². The second kappa shape index (κ2) is 6.08. The molecule has 100 valence electrons. The lowest BCUT2D eigenvalue weighted by Gasteiger charge is -2.15. The topological polar surface area (TPSA) is 0 Å². The first-order valence-electron chi connectivity index (χ1n) is 5.13. The Bertz CT molecular complexity index is 632. The van der Waals surface area contributed by atoms with Gasteiger partial charge in [-0.1, -0.05) is 55.1 Å². The van der Waals surface area contributed by atoms with Crippen molar-refractivity contribution >= 4 is 55.1 Å². The molecule has 0 radical (unpaired) electrons. The monoisotopic (exact) mass is 428 g/mol. The molecule has 0 bridgehead atoms. The van der Waals surface area contributed by atoms with Crippen molar-refractivity contribution in [2.45, 2.75) is 4.83 Å². The first-order chi connectivity index (χ1) is 8.90. The highest BCUT2D eigenvalue weighted by Crippen LogP contribution is 2.40. The van der Waals surface area contributed by atoms with E-state index in [1.54, 1.807) is 18.2 Å². The fourth-order valence-electron chi connectivity index (χ4n) is 1.61. The molecule has 1 unspecified atom stereocenters. The minimum atomic E-state index is -0.974. The molecule has 0 aliphatic heterocycles. The van der Waals surface area contributed by atoms with E-state index in [2.05, 4.69) is 31.9 Å². The fourth-order valence-corrected chi connectivity index (χ4v) is 3.72. The average Bonchev–Trinajstić information content (AvgIpc) is 2.36. The number of hydrogen-bond acceptors (Lipinski definition) is 0. The number of hydrogen-bond donors (Lipinski definition) is 0. The highest BCUT2D eigenvalue weighted by molar-refractivity contribution is 9.11. The van der Waals surface area contributed by atoms with Crippen LogP contribution < -0.4 is 0 Å². The van der Waals surface area contributed by atoms with E-state index in [-0.39, 0.29) is 5.02 Å². The largest absolute Gasteiger partial charge is 0.204 e. The first-order valence-corrected chi connectivity index (χ1v) is 7.60. The molecule has 0 nitrogen and oxygen atoms in total. The highest BCUT2D eigenvalue weighted by Gasteiger charge is 2.19. The molecular weight excluding hydrogens is 425 g/mol. The zero-order valence-electron chi connectivity index (χ0n) is 9.23. The third kappa shape index (κ3) is 3.30. The van der Waals surface area contributed by atoms with Crippen LogP contribution in [0.25, 0.3) is 0 Å².